The van der Waals surface area contributed by atoms with Crippen molar-refractivity contribution in [2.24, 2.45) is 11.7 Å². The van der Waals surface area contributed by atoms with E-state index >= 15 is 0 Å². The number of nitrogens with zero attached hydrogens (tertiary/aromatic N) is 1. The van der Waals surface area contributed by atoms with Gasteiger partial charge >= 0.3 is 5.97 Å². The Labute approximate surface area is 78.7 Å². The van der Waals surface area contributed by atoms with E-state index in [0.29, 0.717) is 12.5 Å². The molecule has 0 radical (unpaired) electrons. The van der Waals surface area contributed by atoms with Crippen LogP contribution in [0.5, 0.6) is 0 Å². The van der Waals surface area contributed by atoms with E-state index < -0.39 is 5.97 Å². The molecule has 0 aromatic heterocycles. The lowest BCUT2D eigenvalue weighted by Crippen LogP contribution is -2.46. The number of carbonyl (C=O) groups is 1. The van der Waals surface area contributed by atoms with Crippen LogP contribution in [0.4, 0.5) is 0 Å². The molecule has 1 fully saturated rings. The lowest BCUT2D eigenvalue weighted by Gasteiger charge is -2.34. The molecule has 4 heteroatoms. The van der Waals surface area contributed by atoms with Crippen LogP contribution in [0, 0.1) is 5.92 Å². The number of rotatable bonds is 3. The van der Waals surface area contributed by atoms with Crippen molar-refractivity contribution in [3.8, 4) is 0 Å². The number of nitrogens with two attached hydrogens (primary N) is 1. The second-order valence-corrected chi connectivity index (χ2v) is 3.75. The first-order valence-corrected chi connectivity index (χ1v) is 4.82. The van der Waals surface area contributed by atoms with Gasteiger partial charge in [0.1, 0.15) is 6.04 Å². The van der Waals surface area contributed by atoms with E-state index in [1.807, 2.05) is 4.90 Å². The van der Waals surface area contributed by atoms with Crippen LogP contribution in [-0.2, 0) is 4.79 Å². The topological polar surface area (TPSA) is 66.6 Å². The largest absolute Gasteiger partial charge is 0.480 e. The highest BCUT2D eigenvalue weighted by Crippen LogP contribution is 2.17. The first kappa shape index (κ1) is 10.5. The van der Waals surface area contributed by atoms with Gasteiger partial charge < -0.3 is 10.8 Å². The molecule has 1 heterocycles. The van der Waals surface area contributed by atoms with Gasteiger partial charge in [-0.3, -0.25) is 9.69 Å². The van der Waals surface area contributed by atoms with Crippen molar-refractivity contribution in [1.29, 1.82) is 0 Å². The summed E-state index contributed by atoms with van der Waals surface area (Å²) < 4.78 is 0. The average Bonchev–Trinajstić information content (AvgIpc) is 2.16. The lowest BCUT2D eigenvalue weighted by atomic mass is 9.97. The Morgan fingerprint density at radius 3 is 3.00 bits per heavy atom. The van der Waals surface area contributed by atoms with Crippen LogP contribution in [0.25, 0.3) is 0 Å². The average molecular weight is 186 g/mol. The van der Waals surface area contributed by atoms with Gasteiger partial charge in [0, 0.05) is 6.54 Å². The fourth-order valence-electron chi connectivity index (χ4n) is 1.80. The molecule has 0 spiro atoms. The number of piperidine rings is 1. The van der Waals surface area contributed by atoms with Gasteiger partial charge in [0.25, 0.3) is 0 Å². The maximum Gasteiger partial charge on any atom is 0.320 e. The van der Waals surface area contributed by atoms with Gasteiger partial charge in [-0.2, -0.15) is 0 Å². The van der Waals surface area contributed by atoms with Crippen molar-refractivity contribution in [2.75, 3.05) is 19.6 Å². The summed E-state index contributed by atoms with van der Waals surface area (Å²) in [6, 6.07) is -0.366. The summed E-state index contributed by atoms with van der Waals surface area (Å²) in [6.45, 7) is 4.14. The molecule has 2 atom stereocenters. The molecular formula is C9H18N2O2. The standard InChI is InChI=1S/C9H18N2O2/c1-7(9(12)13)11-4-2-3-8(5-10)6-11/h7-8H,2-6,10H2,1H3,(H,12,13). The summed E-state index contributed by atoms with van der Waals surface area (Å²) in [5, 5.41) is 8.82. The van der Waals surface area contributed by atoms with E-state index in [1.165, 1.54) is 0 Å². The maximum absolute atomic E-state index is 10.7. The molecular weight excluding hydrogens is 168 g/mol. The van der Waals surface area contributed by atoms with E-state index in [2.05, 4.69) is 0 Å². The Kier molecular flexibility index (Phi) is 3.69. The molecule has 0 amide bonds. The summed E-state index contributed by atoms with van der Waals surface area (Å²) in [6.07, 6.45) is 2.21. The molecule has 3 N–H and O–H groups in total. The smallest absolute Gasteiger partial charge is 0.320 e. The van der Waals surface area contributed by atoms with Crippen LogP contribution in [0.1, 0.15) is 19.8 Å². The Morgan fingerprint density at radius 2 is 2.46 bits per heavy atom. The minimum atomic E-state index is -0.738. The highest BCUT2D eigenvalue weighted by Gasteiger charge is 2.26. The monoisotopic (exact) mass is 186 g/mol. The molecule has 1 rings (SSSR count). The number of aliphatic carboxylic acids is 1. The predicted octanol–water partition coefficient (Wildman–Crippen LogP) is 0.130. The van der Waals surface area contributed by atoms with Crippen molar-refractivity contribution in [3.63, 3.8) is 0 Å². The normalized spacial score (nSPS) is 27.1. The Balaban J connectivity index is 2.46. The van der Waals surface area contributed by atoms with Crippen molar-refractivity contribution in [1.82, 2.24) is 4.90 Å². The quantitative estimate of drug-likeness (QED) is 0.657. The van der Waals surface area contributed by atoms with Gasteiger partial charge in [-0.15, -0.1) is 0 Å². The summed E-state index contributed by atoms with van der Waals surface area (Å²) in [5.41, 5.74) is 5.57. The molecule has 76 valence electrons. The van der Waals surface area contributed by atoms with Crippen molar-refractivity contribution in [2.45, 2.75) is 25.8 Å². The zero-order valence-electron chi connectivity index (χ0n) is 8.07. The third-order valence-electron chi connectivity index (χ3n) is 2.79. The Bertz CT molecular complexity index is 184. The highest BCUT2D eigenvalue weighted by molar-refractivity contribution is 5.72. The van der Waals surface area contributed by atoms with Gasteiger partial charge in [-0.05, 0) is 38.8 Å². The van der Waals surface area contributed by atoms with Crippen LogP contribution >= 0.6 is 0 Å². The van der Waals surface area contributed by atoms with Crippen molar-refractivity contribution < 1.29 is 9.90 Å². The second-order valence-electron chi connectivity index (χ2n) is 3.75. The van der Waals surface area contributed by atoms with Crippen LogP contribution in [-0.4, -0.2) is 41.7 Å². The molecule has 0 aromatic rings. The van der Waals surface area contributed by atoms with Gasteiger partial charge in [0.05, 0.1) is 0 Å². The fourth-order valence-corrected chi connectivity index (χ4v) is 1.80. The van der Waals surface area contributed by atoms with Gasteiger partial charge in [0.2, 0.25) is 0 Å². The number of carboxylic acids is 1. The number of hydrogen-bond donors (Lipinski definition) is 2. The third-order valence-corrected chi connectivity index (χ3v) is 2.79. The van der Waals surface area contributed by atoms with E-state index in [0.717, 1.165) is 25.9 Å². The van der Waals surface area contributed by atoms with Crippen LogP contribution in [0.3, 0.4) is 0 Å². The van der Waals surface area contributed by atoms with Gasteiger partial charge in [-0.25, -0.2) is 0 Å². The first-order valence-electron chi connectivity index (χ1n) is 4.82. The Morgan fingerprint density at radius 1 is 1.77 bits per heavy atom. The highest BCUT2D eigenvalue weighted by atomic mass is 16.4. The predicted molar refractivity (Wildman–Crippen MR) is 50.4 cm³/mol. The molecule has 0 bridgehead atoms. The molecule has 0 saturated carbocycles. The van der Waals surface area contributed by atoms with E-state index in [4.69, 9.17) is 10.8 Å². The van der Waals surface area contributed by atoms with Crippen LogP contribution in [0.2, 0.25) is 0 Å². The second kappa shape index (κ2) is 4.58. The van der Waals surface area contributed by atoms with Crippen molar-refractivity contribution in [3.05, 3.63) is 0 Å². The van der Waals surface area contributed by atoms with Crippen LogP contribution in [0.15, 0.2) is 0 Å². The molecule has 0 aliphatic carbocycles. The van der Waals surface area contributed by atoms with E-state index in [-0.39, 0.29) is 6.04 Å². The summed E-state index contributed by atoms with van der Waals surface area (Å²) in [7, 11) is 0. The molecule has 0 aromatic carbocycles. The van der Waals surface area contributed by atoms with Crippen molar-refractivity contribution >= 4 is 5.97 Å². The molecule has 13 heavy (non-hydrogen) atoms. The molecule has 2 unspecified atom stereocenters. The number of likely N-dealkylation sites (tertiary alicyclic amines) is 1. The maximum atomic E-state index is 10.7. The summed E-state index contributed by atoms with van der Waals surface area (Å²) in [5.74, 6) is -0.256. The van der Waals surface area contributed by atoms with Gasteiger partial charge in [0.15, 0.2) is 0 Å². The lowest BCUT2D eigenvalue weighted by molar-refractivity contribution is -0.143. The zero-order chi connectivity index (χ0) is 9.84. The SMILES string of the molecule is CC(C(=O)O)N1CCCC(CN)C1. The number of hydrogen-bond acceptors (Lipinski definition) is 3. The minimum Gasteiger partial charge on any atom is -0.480 e. The fraction of sp³-hybridized carbons (Fsp3) is 0.889. The summed E-state index contributed by atoms with van der Waals surface area (Å²) in [4.78, 5) is 12.7. The number of carboxylic acid groups (broad SMARTS) is 1. The van der Waals surface area contributed by atoms with Gasteiger partial charge in [-0.1, -0.05) is 0 Å². The molecule has 1 aliphatic rings. The van der Waals surface area contributed by atoms with E-state index in [9.17, 15) is 4.79 Å². The molecule has 1 saturated heterocycles. The summed E-state index contributed by atoms with van der Waals surface area (Å²) >= 11 is 0. The van der Waals surface area contributed by atoms with Crippen LogP contribution < -0.4 is 5.73 Å². The molecule has 4 nitrogen and oxygen atoms in total. The minimum absolute atomic E-state index is 0.366. The third kappa shape index (κ3) is 2.67. The zero-order valence-corrected chi connectivity index (χ0v) is 8.07. The van der Waals surface area contributed by atoms with E-state index in [1.54, 1.807) is 6.92 Å². The first-order chi connectivity index (χ1) is 6.15. The molecule has 1 aliphatic heterocycles. The Hall–Kier alpha value is -0.610.